The number of carbonyl (C=O) groups is 3. The number of ketones is 1. The number of esters is 2. The molecule has 0 spiro atoms. The summed E-state index contributed by atoms with van der Waals surface area (Å²) in [5.41, 5.74) is -1.38. The molecule has 0 aromatic heterocycles. The van der Waals surface area contributed by atoms with Gasteiger partial charge in [-0.25, -0.2) is 0 Å². The maximum absolute atomic E-state index is 12.6. The van der Waals surface area contributed by atoms with Crippen LogP contribution in [0.2, 0.25) is 0 Å². The van der Waals surface area contributed by atoms with Gasteiger partial charge in [0.25, 0.3) is 0 Å². The standard InChI is InChI=1S/C18H30O5/c1-17(2,3)22-15(20)14(16(21)23-18(4,5)6)12-9-7-8-10-13(19)11-12/h12,14H,7-11H2,1-6H3/t12-/m1/s1. The fourth-order valence-electron chi connectivity index (χ4n) is 2.72. The van der Waals surface area contributed by atoms with Crippen LogP contribution in [0.5, 0.6) is 0 Å². The molecule has 0 aliphatic heterocycles. The van der Waals surface area contributed by atoms with E-state index >= 15 is 0 Å². The van der Waals surface area contributed by atoms with Crippen molar-refractivity contribution in [2.45, 2.75) is 84.8 Å². The molecule has 0 aromatic carbocycles. The van der Waals surface area contributed by atoms with Crippen LogP contribution in [-0.4, -0.2) is 28.9 Å². The monoisotopic (exact) mass is 326 g/mol. The molecule has 1 saturated carbocycles. The molecule has 0 bridgehead atoms. The van der Waals surface area contributed by atoms with Crippen LogP contribution in [0.1, 0.15) is 73.6 Å². The molecular formula is C18H30O5. The average molecular weight is 326 g/mol. The van der Waals surface area contributed by atoms with E-state index in [1.165, 1.54) is 0 Å². The fraction of sp³-hybridized carbons (Fsp3) is 0.833. The first kappa shape index (κ1) is 19.7. The molecule has 5 nitrogen and oxygen atoms in total. The Bertz CT molecular complexity index is 425. The van der Waals surface area contributed by atoms with Crippen molar-refractivity contribution in [1.82, 2.24) is 0 Å². The first-order valence-corrected chi connectivity index (χ1v) is 8.36. The van der Waals surface area contributed by atoms with Gasteiger partial charge >= 0.3 is 11.9 Å². The Morgan fingerprint density at radius 2 is 1.43 bits per heavy atom. The van der Waals surface area contributed by atoms with E-state index in [0.717, 1.165) is 12.8 Å². The Kier molecular flexibility index (Phi) is 6.37. The van der Waals surface area contributed by atoms with Gasteiger partial charge < -0.3 is 9.47 Å². The summed E-state index contributed by atoms with van der Waals surface area (Å²) < 4.78 is 10.8. The molecule has 1 atom stereocenters. The van der Waals surface area contributed by atoms with Crippen LogP contribution in [0.3, 0.4) is 0 Å². The second-order valence-electron chi connectivity index (χ2n) is 8.29. The van der Waals surface area contributed by atoms with Gasteiger partial charge in [-0.15, -0.1) is 0 Å². The number of Topliss-reactive ketones (excluding diaryl/α,β-unsaturated/α-hetero) is 1. The third kappa shape index (κ3) is 7.14. The van der Waals surface area contributed by atoms with Gasteiger partial charge in [0.2, 0.25) is 0 Å². The molecule has 0 radical (unpaired) electrons. The summed E-state index contributed by atoms with van der Waals surface area (Å²) in [4.78, 5) is 37.0. The van der Waals surface area contributed by atoms with E-state index < -0.39 is 29.1 Å². The third-order valence-electron chi connectivity index (χ3n) is 3.56. The van der Waals surface area contributed by atoms with Gasteiger partial charge in [0, 0.05) is 12.8 Å². The molecule has 5 heteroatoms. The van der Waals surface area contributed by atoms with E-state index in [1.807, 2.05) is 0 Å². The van der Waals surface area contributed by atoms with Gasteiger partial charge in [0.1, 0.15) is 17.0 Å². The SMILES string of the molecule is CC(C)(C)OC(=O)C(C(=O)OC(C)(C)C)[C@@H]1CCCCC(=O)C1. The lowest BCUT2D eigenvalue weighted by Crippen LogP contribution is -2.41. The summed E-state index contributed by atoms with van der Waals surface area (Å²) in [6, 6.07) is 0. The van der Waals surface area contributed by atoms with Gasteiger partial charge in [-0.1, -0.05) is 6.42 Å². The molecule has 1 rings (SSSR count). The normalized spacial score (nSPS) is 20.1. The number of ether oxygens (including phenoxy) is 2. The van der Waals surface area contributed by atoms with Crippen LogP contribution in [0.25, 0.3) is 0 Å². The number of hydrogen-bond donors (Lipinski definition) is 0. The molecule has 0 aromatic rings. The number of hydrogen-bond acceptors (Lipinski definition) is 5. The first-order chi connectivity index (χ1) is 10.4. The molecule has 132 valence electrons. The molecule has 1 fully saturated rings. The van der Waals surface area contributed by atoms with Crippen molar-refractivity contribution < 1.29 is 23.9 Å². The van der Waals surface area contributed by atoms with E-state index in [0.29, 0.717) is 12.8 Å². The van der Waals surface area contributed by atoms with Crippen molar-refractivity contribution in [2.24, 2.45) is 11.8 Å². The highest BCUT2D eigenvalue weighted by atomic mass is 16.6. The molecule has 0 amide bonds. The summed E-state index contributed by atoms with van der Waals surface area (Å²) in [6.45, 7) is 10.6. The molecular weight excluding hydrogens is 296 g/mol. The van der Waals surface area contributed by atoms with Crippen LogP contribution >= 0.6 is 0 Å². The highest BCUT2D eigenvalue weighted by Gasteiger charge is 2.41. The Morgan fingerprint density at radius 3 is 1.87 bits per heavy atom. The van der Waals surface area contributed by atoms with Crippen molar-refractivity contribution >= 4 is 17.7 Å². The summed E-state index contributed by atoms with van der Waals surface area (Å²) in [7, 11) is 0. The van der Waals surface area contributed by atoms with E-state index in [4.69, 9.17) is 9.47 Å². The lowest BCUT2D eigenvalue weighted by atomic mass is 9.85. The average Bonchev–Trinajstić information content (AvgIpc) is 2.49. The van der Waals surface area contributed by atoms with Crippen LogP contribution in [0, 0.1) is 11.8 Å². The second-order valence-corrected chi connectivity index (χ2v) is 8.29. The lowest BCUT2D eigenvalue weighted by Gasteiger charge is -2.29. The lowest BCUT2D eigenvalue weighted by molar-refractivity contribution is -0.177. The zero-order valence-corrected chi connectivity index (χ0v) is 15.2. The summed E-state index contributed by atoms with van der Waals surface area (Å²) in [6.07, 6.45) is 3.06. The highest BCUT2D eigenvalue weighted by Crippen LogP contribution is 2.31. The van der Waals surface area contributed by atoms with Crippen LogP contribution in [0.15, 0.2) is 0 Å². The second kappa shape index (κ2) is 7.45. The minimum absolute atomic E-state index is 0.101. The van der Waals surface area contributed by atoms with E-state index in [9.17, 15) is 14.4 Å². The van der Waals surface area contributed by atoms with Gasteiger partial charge in [0.05, 0.1) is 0 Å². The predicted molar refractivity (Wildman–Crippen MR) is 86.8 cm³/mol. The predicted octanol–water partition coefficient (Wildman–Crippen LogP) is 3.44. The van der Waals surface area contributed by atoms with E-state index in [-0.39, 0.29) is 18.1 Å². The smallest absolute Gasteiger partial charge is 0.321 e. The maximum atomic E-state index is 12.6. The molecule has 0 unspecified atom stereocenters. The van der Waals surface area contributed by atoms with Crippen molar-refractivity contribution in [3.8, 4) is 0 Å². The van der Waals surface area contributed by atoms with Crippen molar-refractivity contribution in [3.63, 3.8) is 0 Å². The minimum atomic E-state index is -1.03. The number of carbonyl (C=O) groups excluding carboxylic acids is 3. The van der Waals surface area contributed by atoms with Gasteiger partial charge in [-0.05, 0) is 60.3 Å². The van der Waals surface area contributed by atoms with Crippen LogP contribution in [0.4, 0.5) is 0 Å². The van der Waals surface area contributed by atoms with Crippen LogP contribution in [-0.2, 0) is 23.9 Å². The zero-order valence-electron chi connectivity index (χ0n) is 15.2. The Morgan fingerprint density at radius 1 is 0.957 bits per heavy atom. The topological polar surface area (TPSA) is 69.7 Å². The highest BCUT2D eigenvalue weighted by molar-refractivity contribution is 5.96. The van der Waals surface area contributed by atoms with Crippen LogP contribution < -0.4 is 0 Å². The molecule has 1 aliphatic carbocycles. The van der Waals surface area contributed by atoms with Crippen molar-refractivity contribution in [2.75, 3.05) is 0 Å². The fourth-order valence-corrected chi connectivity index (χ4v) is 2.72. The van der Waals surface area contributed by atoms with Crippen molar-refractivity contribution in [3.05, 3.63) is 0 Å². The van der Waals surface area contributed by atoms with Gasteiger partial charge in [0.15, 0.2) is 5.92 Å². The number of rotatable bonds is 3. The Labute approximate surface area is 139 Å². The van der Waals surface area contributed by atoms with Gasteiger partial charge in [-0.2, -0.15) is 0 Å². The first-order valence-electron chi connectivity index (χ1n) is 8.36. The maximum Gasteiger partial charge on any atom is 0.321 e. The molecule has 0 N–H and O–H groups in total. The largest absolute Gasteiger partial charge is 0.459 e. The Balaban J connectivity index is 3.01. The van der Waals surface area contributed by atoms with E-state index in [1.54, 1.807) is 41.5 Å². The molecule has 23 heavy (non-hydrogen) atoms. The molecule has 0 heterocycles. The third-order valence-corrected chi connectivity index (χ3v) is 3.56. The molecule has 1 aliphatic rings. The summed E-state index contributed by atoms with van der Waals surface area (Å²) in [5, 5.41) is 0. The zero-order chi connectivity index (χ0) is 17.8. The Hall–Kier alpha value is -1.39. The quantitative estimate of drug-likeness (QED) is 0.451. The minimum Gasteiger partial charge on any atom is -0.459 e. The summed E-state index contributed by atoms with van der Waals surface area (Å²) >= 11 is 0. The van der Waals surface area contributed by atoms with E-state index in [2.05, 4.69) is 0 Å². The summed E-state index contributed by atoms with van der Waals surface area (Å²) in [5.74, 6) is -2.45. The van der Waals surface area contributed by atoms with Crippen molar-refractivity contribution in [1.29, 1.82) is 0 Å². The van der Waals surface area contributed by atoms with Gasteiger partial charge in [-0.3, -0.25) is 14.4 Å². The molecule has 0 saturated heterocycles.